The van der Waals surface area contributed by atoms with Gasteiger partial charge in [0, 0.05) is 19.3 Å². The molecule has 0 aliphatic heterocycles. The van der Waals surface area contributed by atoms with Crippen LogP contribution in [0.5, 0.6) is 0 Å². The number of rotatable bonds is 58. The average molecular weight is 1090 g/mol. The summed E-state index contributed by atoms with van der Waals surface area (Å²) in [5.74, 6) is -1.48. The van der Waals surface area contributed by atoms with Crippen molar-refractivity contribution >= 4 is 25.7 Å². The molecule has 3 atom stereocenters. The number of allylic oxidation sites excluding steroid dienone is 10. The summed E-state index contributed by atoms with van der Waals surface area (Å²) in [6.07, 6.45) is 64.6. The van der Waals surface area contributed by atoms with Gasteiger partial charge in [-0.1, -0.05) is 229 Å². The van der Waals surface area contributed by atoms with Crippen molar-refractivity contribution in [3.8, 4) is 0 Å². The van der Waals surface area contributed by atoms with Crippen molar-refractivity contribution in [1.82, 2.24) is 0 Å². The number of phosphoric acid groups is 1. The van der Waals surface area contributed by atoms with Crippen LogP contribution in [-0.4, -0.2) is 66.5 Å². The summed E-state index contributed by atoms with van der Waals surface area (Å²) in [6.45, 7) is 4.56. The normalized spacial score (nSPS) is 13.7. The van der Waals surface area contributed by atoms with Crippen LogP contribution in [0, 0.1) is 0 Å². The molecule has 12 heteroatoms. The summed E-state index contributed by atoms with van der Waals surface area (Å²) in [5.41, 5.74) is 0. The van der Waals surface area contributed by atoms with Crippen LogP contribution < -0.4 is 0 Å². The van der Waals surface area contributed by atoms with Gasteiger partial charge in [-0.15, -0.1) is 0 Å². The number of ether oxygens (including phenoxy) is 3. The van der Waals surface area contributed by atoms with Crippen molar-refractivity contribution in [1.29, 1.82) is 0 Å². The molecule has 0 radical (unpaired) electrons. The zero-order chi connectivity index (χ0) is 55.5. The summed E-state index contributed by atoms with van der Waals surface area (Å²) in [7, 11) is -4.76. The highest BCUT2D eigenvalue weighted by molar-refractivity contribution is 7.47. The van der Waals surface area contributed by atoms with E-state index in [1.54, 1.807) is 0 Å². The lowest BCUT2D eigenvalue weighted by molar-refractivity contribution is -0.161. The molecule has 0 saturated heterocycles. The molecule has 0 aromatic heterocycles. The highest BCUT2D eigenvalue weighted by atomic mass is 31.2. The fraction of sp³-hybridized carbons (Fsp3) is 0.797. The monoisotopic (exact) mass is 1090 g/mol. The molecule has 0 fully saturated rings. The van der Waals surface area contributed by atoms with Gasteiger partial charge in [0.25, 0.3) is 0 Å². The van der Waals surface area contributed by atoms with Gasteiger partial charge in [0.05, 0.1) is 19.8 Å². The minimum atomic E-state index is -4.76. The largest absolute Gasteiger partial charge is 0.472 e. The lowest BCUT2D eigenvalue weighted by Gasteiger charge is -2.21. The molecule has 76 heavy (non-hydrogen) atoms. The van der Waals surface area contributed by atoms with Crippen molar-refractivity contribution in [2.24, 2.45) is 0 Å². The molecule has 0 amide bonds. The van der Waals surface area contributed by atoms with Gasteiger partial charge >= 0.3 is 25.7 Å². The highest BCUT2D eigenvalue weighted by Crippen LogP contribution is 2.43. The van der Waals surface area contributed by atoms with Crippen molar-refractivity contribution in [3.63, 3.8) is 0 Å². The Hall–Kier alpha value is -2.82. The van der Waals surface area contributed by atoms with Crippen LogP contribution in [0.25, 0.3) is 0 Å². The second-order valence-corrected chi connectivity index (χ2v) is 22.3. The lowest BCUT2D eigenvalue weighted by Crippen LogP contribution is -2.30. The van der Waals surface area contributed by atoms with Gasteiger partial charge in [-0.25, -0.2) is 4.57 Å². The smallest absolute Gasteiger partial charge is 0.462 e. The number of carbonyl (C=O) groups excluding carboxylic acids is 3. The van der Waals surface area contributed by atoms with Gasteiger partial charge < -0.3 is 24.2 Å². The SMILES string of the molecule is CCC/C=C\C/C=C\CCCCCCCC(=O)OC(CO)COP(=O)(O)OCC(COC(=O)CCCCCCCCCCC/C=C\CCCCCCCC)OC(=O)CCCCCCCCC/C=C\C/C=C\CCCCC. The van der Waals surface area contributed by atoms with E-state index in [4.69, 9.17) is 23.3 Å². The summed E-state index contributed by atoms with van der Waals surface area (Å²) >= 11 is 0. The topological polar surface area (TPSA) is 155 Å². The van der Waals surface area contributed by atoms with Gasteiger partial charge in [0.15, 0.2) is 6.10 Å². The van der Waals surface area contributed by atoms with Crippen LogP contribution in [0.3, 0.4) is 0 Å². The summed E-state index contributed by atoms with van der Waals surface area (Å²) in [5, 5.41) is 9.82. The van der Waals surface area contributed by atoms with E-state index in [1.807, 2.05) is 0 Å². The van der Waals surface area contributed by atoms with E-state index >= 15 is 0 Å². The Balaban J connectivity index is 4.71. The minimum absolute atomic E-state index is 0.158. The first-order chi connectivity index (χ1) is 37.2. The van der Waals surface area contributed by atoms with E-state index in [1.165, 1.54) is 128 Å². The number of hydrogen-bond donors (Lipinski definition) is 2. The van der Waals surface area contributed by atoms with Crippen molar-refractivity contribution in [2.75, 3.05) is 26.4 Å². The molecule has 0 aromatic carbocycles. The Labute approximate surface area is 465 Å². The molecule has 11 nitrogen and oxygen atoms in total. The lowest BCUT2D eigenvalue weighted by atomic mass is 10.1. The van der Waals surface area contributed by atoms with Gasteiger partial charge in [0.1, 0.15) is 12.7 Å². The number of aliphatic hydroxyl groups excluding tert-OH is 1. The van der Waals surface area contributed by atoms with E-state index in [2.05, 4.69) is 81.5 Å². The highest BCUT2D eigenvalue weighted by Gasteiger charge is 2.28. The third-order valence-corrected chi connectivity index (χ3v) is 14.3. The fourth-order valence-corrected chi connectivity index (χ4v) is 9.38. The maximum Gasteiger partial charge on any atom is 0.472 e. The Morgan fingerprint density at radius 1 is 0.368 bits per heavy atom. The summed E-state index contributed by atoms with van der Waals surface area (Å²) in [6, 6.07) is 0. The van der Waals surface area contributed by atoms with Gasteiger partial charge in [-0.3, -0.25) is 23.4 Å². The van der Waals surface area contributed by atoms with Crippen molar-refractivity contribution in [2.45, 2.75) is 303 Å². The van der Waals surface area contributed by atoms with E-state index in [0.717, 1.165) is 103 Å². The number of aliphatic hydroxyl groups is 1. The molecule has 0 saturated carbocycles. The average Bonchev–Trinajstić information content (AvgIpc) is 3.41. The number of unbranched alkanes of at least 4 members (excludes halogenated alkanes) is 31. The van der Waals surface area contributed by atoms with Crippen LogP contribution in [0.2, 0.25) is 0 Å². The molecular weight excluding hydrogens is 976 g/mol. The third kappa shape index (κ3) is 55.9. The van der Waals surface area contributed by atoms with Crippen LogP contribution in [-0.2, 0) is 42.2 Å². The van der Waals surface area contributed by atoms with Crippen molar-refractivity contribution < 1.29 is 52.2 Å². The maximum absolute atomic E-state index is 12.9. The Kier molecular flexibility index (Phi) is 56.2. The molecule has 442 valence electrons. The number of hydrogen-bond acceptors (Lipinski definition) is 10. The van der Waals surface area contributed by atoms with Gasteiger partial charge in [-0.05, 0) is 103 Å². The first-order valence-corrected chi connectivity index (χ1v) is 32.7. The molecule has 2 N–H and O–H groups in total. The zero-order valence-corrected chi connectivity index (χ0v) is 49.9. The number of phosphoric ester groups is 1. The molecule has 0 aliphatic carbocycles. The van der Waals surface area contributed by atoms with Crippen LogP contribution >= 0.6 is 7.82 Å². The predicted octanol–water partition coefficient (Wildman–Crippen LogP) is 18.7. The predicted molar refractivity (Wildman–Crippen MR) is 316 cm³/mol. The molecule has 0 spiro atoms. The first-order valence-electron chi connectivity index (χ1n) is 31.2. The fourth-order valence-electron chi connectivity index (χ4n) is 8.60. The Morgan fingerprint density at radius 3 is 1.07 bits per heavy atom. The second kappa shape index (κ2) is 58.3. The first kappa shape index (κ1) is 73.2. The van der Waals surface area contributed by atoms with Crippen molar-refractivity contribution in [3.05, 3.63) is 60.8 Å². The van der Waals surface area contributed by atoms with Crippen LogP contribution in [0.4, 0.5) is 0 Å². The number of carbonyl (C=O) groups is 3. The summed E-state index contributed by atoms with van der Waals surface area (Å²) < 4.78 is 39.6. The van der Waals surface area contributed by atoms with Gasteiger partial charge in [0.2, 0.25) is 0 Å². The molecule has 0 bridgehead atoms. The Morgan fingerprint density at radius 2 is 0.671 bits per heavy atom. The molecular formula is C64H115O11P. The van der Waals surface area contributed by atoms with Gasteiger partial charge in [-0.2, -0.15) is 0 Å². The van der Waals surface area contributed by atoms with Crippen LogP contribution in [0.15, 0.2) is 60.8 Å². The van der Waals surface area contributed by atoms with E-state index in [0.29, 0.717) is 19.3 Å². The Bertz CT molecular complexity index is 1510. The van der Waals surface area contributed by atoms with Crippen LogP contribution in [0.1, 0.15) is 290 Å². The quantitative estimate of drug-likeness (QED) is 0.0197. The molecule has 3 unspecified atom stereocenters. The second-order valence-electron chi connectivity index (χ2n) is 20.9. The molecule has 0 heterocycles. The maximum atomic E-state index is 12.9. The molecule has 0 rings (SSSR count). The number of esters is 3. The van der Waals surface area contributed by atoms with E-state index in [9.17, 15) is 28.9 Å². The molecule has 0 aromatic rings. The van der Waals surface area contributed by atoms with E-state index < -0.39 is 57.8 Å². The standard InChI is InChI=1S/C64H115O11P/c1-4-7-10-13-16-19-22-25-27-29-30-32-33-36-38-41-44-47-50-53-62(66)71-57-61(75-64(68)55-52-49-46-43-40-37-34-31-28-26-23-20-17-14-11-8-5-2)59-73-76(69,70)72-58-60(56-65)74-63(67)54-51-48-45-42-39-35-24-21-18-15-12-9-6-3/h12,15,17,20-21,24-28,60-61,65H,4-11,13-14,16,18-19,22-23,29-59H2,1-3H3,(H,69,70)/b15-12-,20-17-,24-21-,27-25-,28-26-. The molecule has 0 aliphatic rings. The van der Waals surface area contributed by atoms with E-state index in [-0.39, 0.29) is 25.9 Å². The third-order valence-electron chi connectivity index (χ3n) is 13.4. The summed E-state index contributed by atoms with van der Waals surface area (Å²) in [4.78, 5) is 48.7. The zero-order valence-electron chi connectivity index (χ0n) is 49.0. The minimum Gasteiger partial charge on any atom is -0.462 e.